The largest absolute Gasteiger partial charge is 0.271 e. The average Bonchev–Trinajstić information content (AvgIpc) is 2.41. The van der Waals surface area contributed by atoms with Gasteiger partial charge in [0, 0.05) is 5.02 Å². The number of halogens is 1. The van der Waals surface area contributed by atoms with Gasteiger partial charge in [0.1, 0.15) is 0 Å². The Bertz CT molecular complexity index is 627. The van der Waals surface area contributed by atoms with Crippen LogP contribution in [0.2, 0.25) is 5.02 Å². The van der Waals surface area contributed by atoms with Crippen molar-refractivity contribution in [3.05, 3.63) is 68.7 Å². The van der Waals surface area contributed by atoms with Crippen LogP contribution in [0.5, 0.6) is 0 Å². The van der Waals surface area contributed by atoms with Gasteiger partial charge in [0.05, 0.1) is 6.04 Å². The van der Waals surface area contributed by atoms with Crippen LogP contribution in [0.25, 0.3) is 0 Å². The number of nitrogens with one attached hydrogen (secondary N) is 1. The molecule has 0 saturated heterocycles. The Morgan fingerprint density at radius 3 is 2.19 bits per heavy atom. The molecule has 1 atom stereocenters. The van der Waals surface area contributed by atoms with Crippen LogP contribution in [0.15, 0.2) is 30.3 Å². The molecule has 112 valence electrons. The summed E-state index contributed by atoms with van der Waals surface area (Å²) in [6.45, 7) is 8.54. The molecular weight excluding hydrogens is 280 g/mol. The lowest BCUT2D eigenvalue weighted by molar-refractivity contribution is 0.547. The summed E-state index contributed by atoms with van der Waals surface area (Å²) in [5.74, 6) is 5.81. The van der Waals surface area contributed by atoms with Gasteiger partial charge in [-0.05, 0) is 74.1 Å². The Morgan fingerprint density at radius 2 is 1.62 bits per heavy atom. The highest BCUT2D eigenvalue weighted by Crippen LogP contribution is 2.27. The van der Waals surface area contributed by atoms with Gasteiger partial charge in [-0.3, -0.25) is 11.3 Å². The number of nitrogens with two attached hydrogens (primary N) is 1. The summed E-state index contributed by atoms with van der Waals surface area (Å²) >= 11 is 6.14. The standard InChI is InChI=1S/C18H23ClN2/c1-11-7-13(3)16(14(4)8-11)10-18(21-20)17-9-15(19)6-5-12(17)2/h5-9,18,21H,10,20H2,1-4H3. The summed E-state index contributed by atoms with van der Waals surface area (Å²) < 4.78 is 0. The van der Waals surface area contributed by atoms with Crippen molar-refractivity contribution < 1.29 is 0 Å². The summed E-state index contributed by atoms with van der Waals surface area (Å²) in [5.41, 5.74) is 10.6. The number of hydrogen-bond donors (Lipinski definition) is 2. The number of benzene rings is 2. The second-order valence-corrected chi connectivity index (χ2v) is 6.24. The number of hydrogen-bond acceptors (Lipinski definition) is 2. The van der Waals surface area contributed by atoms with Gasteiger partial charge >= 0.3 is 0 Å². The summed E-state index contributed by atoms with van der Waals surface area (Å²) in [5, 5.41) is 0.744. The maximum Gasteiger partial charge on any atom is 0.0503 e. The number of aryl methyl sites for hydroxylation is 4. The molecule has 2 rings (SSSR count). The first-order valence-electron chi connectivity index (χ1n) is 7.21. The van der Waals surface area contributed by atoms with E-state index in [9.17, 15) is 0 Å². The molecule has 0 saturated carbocycles. The van der Waals surface area contributed by atoms with Gasteiger partial charge in [-0.25, -0.2) is 0 Å². The van der Waals surface area contributed by atoms with E-state index in [0.717, 1.165) is 17.0 Å². The van der Waals surface area contributed by atoms with Crippen molar-refractivity contribution in [2.45, 2.75) is 40.2 Å². The highest BCUT2D eigenvalue weighted by molar-refractivity contribution is 6.30. The molecule has 0 radical (unpaired) electrons. The minimum atomic E-state index is 0.0591. The van der Waals surface area contributed by atoms with Crippen molar-refractivity contribution in [2.24, 2.45) is 5.84 Å². The predicted molar refractivity (Wildman–Crippen MR) is 90.6 cm³/mol. The van der Waals surface area contributed by atoms with Crippen molar-refractivity contribution >= 4 is 11.6 Å². The van der Waals surface area contributed by atoms with E-state index in [0.29, 0.717) is 0 Å². The fourth-order valence-corrected chi connectivity index (χ4v) is 3.16. The molecule has 0 aliphatic heterocycles. The van der Waals surface area contributed by atoms with E-state index in [4.69, 9.17) is 17.4 Å². The number of rotatable bonds is 4. The van der Waals surface area contributed by atoms with Crippen LogP contribution >= 0.6 is 11.6 Å². The van der Waals surface area contributed by atoms with Crippen molar-refractivity contribution in [1.29, 1.82) is 0 Å². The fourth-order valence-electron chi connectivity index (χ4n) is 2.98. The zero-order valence-electron chi connectivity index (χ0n) is 13.1. The lowest BCUT2D eigenvalue weighted by Crippen LogP contribution is -2.30. The molecule has 2 aromatic carbocycles. The minimum Gasteiger partial charge on any atom is -0.271 e. The van der Waals surface area contributed by atoms with Gasteiger partial charge in [-0.2, -0.15) is 0 Å². The molecule has 0 aromatic heterocycles. The average molecular weight is 303 g/mol. The third-order valence-electron chi connectivity index (χ3n) is 4.07. The predicted octanol–water partition coefficient (Wildman–Crippen LogP) is 4.32. The second kappa shape index (κ2) is 6.61. The van der Waals surface area contributed by atoms with Gasteiger partial charge in [0.25, 0.3) is 0 Å². The Balaban J connectivity index is 2.38. The Hall–Kier alpha value is -1.35. The monoisotopic (exact) mass is 302 g/mol. The van der Waals surface area contributed by atoms with Crippen LogP contribution in [-0.4, -0.2) is 0 Å². The molecule has 0 spiro atoms. The summed E-state index contributed by atoms with van der Waals surface area (Å²) in [7, 11) is 0. The van der Waals surface area contributed by atoms with Gasteiger partial charge in [-0.1, -0.05) is 35.4 Å². The molecule has 0 amide bonds. The van der Waals surface area contributed by atoms with E-state index in [1.807, 2.05) is 18.2 Å². The van der Waals surface area contributed by atoms with Crippen LogP contribution in [0.3, 0.4) is 0 Å². The molecule has 0 heterocycles. The maximum absolute atomic E-state index is 6.14. The number of hydrazine groups is 1. The van der Waals surface area contributed by atoms with E-state index >= 15 is 0 Å². The fraction of sp³-hybridized carbons (Fsp3) is 0.333. The minimum absolute atomic E-state index is 0.0591. The van der Waals surface area contributed by atoms with Gasteiger partial charge in [0.2, 0.25) is 0 Å². The molecule has 1 unspecified atom stereocenters. The first-order chi connectivity index (χ1) is 9.92. The van der Waals surface area contributed by atoms with E-state index in [2.05, 4.69) is 45.3 Å². The molecule has 3 heteroatoms. The van der Waals surface area contributed by atoms with Crippen LogP contribution < -0.4 is 11.3 Å². The Labute approximate surface area is 132 Å². The lowest BCUT2D eigenvalue weighted by atomic mass is 9.90. The third-order valence-corrected chi connectivity index (χ3v) is 4.30. The molecule has 2 nitrogen and oxygen atoms in total. The third kappa shape index (κ3) is 3.65. The van der Waals surface area contributed by atoms with Gasteiger partial charge < -0.3 is 0 Å². The van der Waals surface area contributed by atoms with Crippen molar-refractivity contribution in [3.63, 3.8) is 0 Å². The van der Waals surface area contributed by atoms with Gasteiger partial charge in [0.15, 0.2) is 0 Å². The Morgan fingerprint density at radius 1 is 1.00 bits per heavy atom. The SMILES string of the molecule is Cc1cc(C)c(CC(NN)c2cc(Cl)ccc2C)c(C)c1. The van der Waals surface area contributed by atoms with E-state index in [-0.39, 0.29) is 6.04 Å². The molecular formula is C18H23ClN2. The quantitative estimate of drug-likeness (QED) is 0.652. The van der Waals surface area contributed by atoms with Crippen molar-refractivity contribution in [2.75, 3.05) is 0 Å². The van der Waals surface area contributed by atoms with Crippen LogP contribution in [0, 0.1) is 27.7 Å². The molecule has 0 bridgehead atoms. The van der Waals surface area contributed by atoms with E-state index < -0.39 is 0 Å². The summed E-state index contributed by atoms with van der Waals surface area (Å²) in [4.78, 5) is 0. The zero-order valence-corrected chi connectivity index (χ0v) is 13.9. The van der Waals surface area contributed by atoms with Crippen LogP contribution in [-0.2, 0) is 6.42 Å². The second-order valence-electron chi connectivity index (χ2n) is 5.80. The van der Waals surface area contributed by atoms with E-state index in [1.54, 1.807) is 0 Å². The molecule has 0 aliphatic rings. The lowest BCUT2D eigenvalue weighted by Gasteiger charge is -2.21. The molecule has 2 aromatic rings. The normalized spacial score (nSPS) is 12.5. The highest BCUT2D eigenvalue weighted by atomic mass is 35.5. The topological polar surface area (TPSA) is 38.0 Å². The van der Waals surface area contributed by atoms with Crippen LogP contribution in [0.4, 0.5) is 0 Å². The van der Waals surface area contributed by atoms with Crippen molar-refractivity contribution in [1.82, 2.24) is 5.43 Å². The maximum atomic E-state index is 6.14. The smallest absolute Gasteiger partial charge is 0.0503 e. The zero-order chi connectivity index (χ0) is 15.6. The highest BCUT2D eigenvalue weighted by Gasteiger charge is 2.16. The van der Waals surface area contributed by atoms with Crippen molar-refractivity contribution in [3.8, 4) is 0 Å². The molecule has 3 N–H and O–H groups in total. The Kier molecular flexibility index (Phi) is 5.04. The molecule has 0 aliphatic carbocycles. The van der Waals surface area contributed by atoms with Crippen LogP contribution in [0.1, 0.15) is 39.4 Å². The van der Waals surface area contributed by atoms with E-state index in [1.165, 1.54) is 27.8 Å². The van der Waals surface area contributed by atoms with Gasteiger partial charge in [-0.15, -0.1) is 0 Å². The first kappa shape index (κ1) is 16.0. The molecule has 0 fully saturated rings. The molecule has 21 heavy (non-hydrogen) atoms. The summed E-state index contributed by atoms with van der Waals surface area (Å²) in [6, 6.07) is 10.5. The first-order valence-corrected chi connectivity index (χ1v) is 7.59. The summed E-state index contributed by atoms with van der Waals surface area (Å²) in [6.07, 6.45) is 0.857.